The number of halogens is 2. The number of carbonyl (C=O) groups is 1. The van der Waals surface area contributed by atoms with Gasteiger partial charge in [-0.1, -0.05) is 11.8 Å². The Balaban J connectivity index is 1.67. The number of ether oxygens (including phenoxy) is 1. The second-order valence-corrected chi connectivity index (χ2v) is 8.36. The maximum absolute atomic E-state index is 14.7. The average molecular weight is 451 g/mol. The number of aliphatic imine (C=N–C) groups is 1. The van der Waals surface area contributed by atoms with Crippen LogP contribution in [-0.2, 0) is 10.3 Å². The third-order valence-corrected chi connectivity index (χ3v) is 6.13. The van der Waals surface area contributed by atoms with Gasteiger partial charge in [-0.15, -0.1) is 0 Å². The van der Waals surface area contributed by atoms with Crippen LogP contribution in [0, 0.1) is 11.7 Å². The van der Waals surface area contributed by atoms with Crippen LogP contribution in [0.15, 0.2) is 46.0 Å². The van der Waals surface area contributed by atoms with Crippen LogP contribution in [0.3, 0.4) is 0 Å². The molecule has 0 unspecified atom stereocenters. The summed E-state index contributed by atoms with van der Waals surface area (Å²) in [5.74, 6) is -0.0233. The zero-order valence-corrected chi connectivity index (χ0v) is 16.5. The Morgan fingerprint density at radius 1 is 1.41 bits per heavy atom. The fraction of sp³-hybridized carbons (Fsp3) is 0.278. The van der Waals surface area contributed by atoms with E-state index in [1.807, 2.05) is 0 Å². The Morgan fingerprint density at radius 3 is 3.04 bits per heavy atom. The quantitative estimate of drug-likeness (QED) is 0.749. The van der Waals surface area contributed by atoms with Gasteiger partial charge in [0.2, 0.25) is 0 Å². The number of nitrogens with zero attached hydrogens (tertiary/aromatic N) is 2. The molecule has 27 heavy (non-hydrogen) atoms. The fourth-order valence-electron chi connectivity index (χ4n) is 3.33. The standard InChI is InChI=1S/C18H16BrFN4O2S/c19-11-1-4-15(22-6-11)16(25)23-12-2-3-14(20)13(5-12)18-9-26-7-10(18)8-27-17(21)24-18/h1-6,10H,7-9H2,(H2,21,24)(H,23,25)/t10-,18-/m0/s1. The van der Waals surface area contributed by atoms with Gasteiger partial charge < -0.3 is 15.8 Å². The van der Waals surface area contributed by atoms with Crippen molar-refractivity contribution in [1.29, 1.82) is 0 Å². The first-order chi connectivity index (χ1) is 13.0. The molecule has 1 saturated heterocycles. The summed E-state index contributed by atoms with van der Waals surface area (Å²) < 4.78 is 21.1. The number of carbonyl (C=O) groups excluding carboxylic acids is 1. The predicted octanol–water partition coefficient (Wildman–Crippen LogP) is 3.14. The minimum absolute atomic E-state index is 0.0309. The van der Waals surface area contributed by atoms with E-state index in [0.29, 0.717) is 28.8 Å². The molecule has 1 aromatic carbocycles. The van der Waals surface area contributed by atoms with Crippen LogP contribution in [0.4, 0.5) is 10.1 Å². The number of hydrogen-bond acceptors (Lipinski definition) is 6. The molecule has 1 fully saturated rings. The van der Waals surface area contributed by atoms with Gasteiger partial charge in [0.1, 0.15) is 17.1 Å². The number of nitrogens with two attached hydrogens (primary N) is 1. The van der Waals surface area contributed by atoms with Crippen LogP contribution >= 0.6 is 27.7 Å². The highest BCUT2D eigenvalue weighted by Crippen LogP contribution is 2.45. The summed E-state index contributed by atoms with van der Waals surface area (Å²) in [4.78, 5) is 21.0. The molecule has 3 heterocycles. The minimum atomic E-state index is -0.851. The molecule has 9 heteroatoms. The van der Waals surface area contributed by atoms with Crippen LogP contribution in [0.25, 0.3) is 0 Å². The van der Waals surface area contributed by atoms with Crippen molar-refractivity contribution in [3.05, 3.63) is 58.1 Å². The van der Waals surface area contributed by atoms with Crippen LogP contribution in [0.1, 0.15) is 16.1 Å². The molecule has 6 nitrogen and oxygen atoms in total. The van der Waals surface area contributed by atoms with Crippen molar-refractivity contribution in [3.63, 3.8) is 0 Å². The van der Waals surface area contributed by atoms with E-state index in [-0.39, 0.29) is 24.1 Å². The molecule has 0 saturated carbocycles. The molecule has 1 aromatic heterocycles. The normalized spacial score (nSPS) is 24.2. The maximum Gasteiger partial charge on any atom is 0.274 e. The van der Waals surface area contributed by atoms with E-state index in [2.05, 4.69) is 31.2 Å². The van der Waals surface area contributed by atoms with Crippen molar-refractivity contribution >= 4 is 44.5 Å². The van der Waals surface area contributed by atoms with Crippen molar-refractivity contribution in [2.24, 2.45) is 16.6 Å². The summed E-state index contributed by atoms with van der Waals surface area (Å²) in [5, 5.41) is 3.18. The largest absolute Gasteiger partial charge is 0.379 e. The molecule has 2 aliphatic heterocycles. The number of aromatic nitrogens is 1. The van der Waals surface area contributed by atoms with E-state index in [1.165, 1.54) is 23.9 Å². The molecule has 140 valence electrons. The molecule has 0 bridgehead atoms. The van der Waals surface area contributed by atoms with Crippen molar-refractivity contribution in [3.8, 4) is 0 Å². The Morgan fingerprint density at radius 2 is 2.26 bits per heavy atom. The maximum atomic E-state index is 14.7. The van der Waals surface area contributed by atoms with Gasteiger partial charge in [0.25, 0.3) is 5.91 Å². The number of pyridine rings is 1. The van der Waals surface area contributed by atoms with E-state index in [0.717, 1.165) is 4.47 Å². The summed E-state index contributed by atoms with van der Waals surface area (Å²) in [6.07, 6.45) is 1.54. The van der Waals surface area contributed by atoms with Crippen LogP contribution in [-0.4, -0.2) is 35.0 Å². The molecule has 2 aliphatic rings. The van der Waals surface area contributed by atoms with Gasteiger partial charge in [0.05, 0.1) is 13.2 Å². The summed E-state index contributed by atoms with van der Waals surface area (Å²) in [6, 6.07) is 7.79. The van der Waals surface area contributed by atoms with E-state index >= 15 is 0 Å². The number of anilines is 1. The Bertz CT molecular complexity index is 924. The monoisotopic (exact) mass is 450 g/mol. The Kier molecular flexibility index (Phi) is 4.92. The fourth-order valence-corrected chi connectivity index (χ4v) is 4.54. The topological polar surface area (TPSA) is 89.6 Å². The smallest absolute Gasteiger partial charge is 0.274 e. The first-order valence-corrected chi connectivity index (χ1v) is 10.0. The lowest BCUT2D eigenvalue weighted by molar-refractivity contribution is 0.102. The lowest BCUT2D eigenvalue weighted by Crippen LogP contribution is -2.40. The zero-order chi connectivity index (χ0) is 19.0. The van der Waals surface area contributed by atoms with Gasteiger partial charge in [0.15, 0.2) is 5.17 Å². The van der Waals surface area contributed by atoms with Gasteiger partial charge in [-0.25, -0.2) is 14.4 Å². The summed E-state index contributed by atoms with van der Waals surface area (Å²) in [7, 11) is 0. The van der Waals surface area contributed by atoms with Crippen LogP contribution in [0.5, 0.6) is 0 Å². The SMILES string of the molecule is NC1=N[C@@]2(c3cc(NC(=O)c4ccc(Br)cn4)ccc3F)COC[C@H]2CS1. The number of thioether (sulfide) groups is 1. The van der Waals surface area contributed by atoms with Crippen molar-refractivity contribution in [1.82, 2.24) is 4.98 Å². The molecular weight excluding hydrogens is 435 g/mol. The van der Waals surface area contributed by atoms with E-state index in [4.69, 9.17) is 10.5 Å². The van der Waals surface area contributed by atoms with E-state index in [9.17, 15) is 9.18 Å². The Hall–Kier alpha value is -1.97. The van der Waals surface area contributed by atoms with E-state index < -0.39 is 11.4 Å². The summed E-state index contributed by atoms with van der Waals surface area (Å²) >= 11 is 4.73. The molecule has 2 atom stereocenters. The second kappa shape index (κ2) is 7.21. The van der Waals surface area contributed by atoms with Gasteiger partial charge in [-0.3, -0.25) is 4.79 Å². The number of amides is 1. The lowest BCUT2D eigenvalue weighted by Gasteiger charge is -2.34. The summed E-state index contributed by atoms with van der Waals surface area (Å²) in [6.45, 7) is 0.768. The van der Waals surface area contributed by atoms with Crippen molar-refractivity contribution < 1.29 is 13.9 Å². The van der Waals surface area contributed by atoms with Crippen LogP contribution in [0.2, 0.25) is 0 Å². The van der Waals surface area contributed by atoms with Gasteiger partial charge in [0, 0.05) is 33.6 Å². The minimum Gasteiger partial charge on any atom is -0.379 e. The number of amidine groups is 1. The van der Waals surface area contributed by atoms with Crippen LogP contribution < -0.4 is 11.1 Å². The van der Waals surface area contributed by atoms with Gasteiger partial charge in [-0.2, -0.15) is 0 Å². The highest BCUT2D eigenvalue weighted by atomic mass is 79.9. The number of benzene rings is 1. The predicted molar refractivity (Wildman–Crippen MR) is 106 cm³/mol. The molecular formula is C18H16BrFN4O2S. The molecule has 4 rings (SSSR count). The molecule has 0 radical (unpaired) electrons. The van der Waals surface area contributed by atoms with Crippen molar-refractivity contribution in [2.45, 2.75) is 5.54 Å². The van der Waals surface area contributed by atoms with E-state index in [1.54, 1.807) is 24.4 Å². The third kappa shape index (κ3) is 3.46. The third-order valence-electron chi connectivity index (χ3n) is 4.71. The molecule has 0 spiro atoms. The number of rotatable bonds is 3. The highest BCUT2D eigenvalue weighted by molar-refractivity contribution is 9.10. The van der Waals surface area contributed by atoms with Gasteiger partial charge in [-0.05, 0) is 46.3 Å². The van der Waals surface area contributed by atoms with Crippen molar-refractivity contribution in [2.75, 3.05) is 24.3 Å². The number of fused-ring (bicyclic) bond motifs is 1. The number of hydrogen-bond donors (Lipinski definition) is 2. The highest BCUT2D eigenvalue weighted by Gasteiger charge is 2.49. The molecule has 3 N–H and O–H groups in total. The second-order valence-electron chi connectivity index (χ2n) is 6.41. The zero-order valence-electron chi connectivity index (χ0n) is 14.1. The average Bonchev–Trinajstić information content (AvgIpc) is 3.07. The summed E-state index contributed by atoms with van der Waals surface area (Å²) in [5.41, 5.74) is 6.19. The first kappa shape index (κ1) is 18.4. The Labute approximate surface area is 167 Å². The van der Waals surface area contributed by atoms with Gasteiger partial charge >= 0.3 is 0 Å². The molecule has 2 aromatic rings. The molecule has 0 aliphatic carbocycles. The first-order valence-electron chi connectivity index (χ1n) is 8.27. The lowest BCUT2D eigenvalue weighted by atomic mass is 9.81. The molecule has 1 amide bonds. The number of nitrogens with one attached hydrogen (secondary N) is 1.